The molecule has 0 heterocycles. The first-order chi connectivity index (χ1) is 18.5. The molecule has 0 aliphatic heterocycles. The highest BCUT2D eigenvalue weighted by molar-refractivity contribution is 5.84. The van der Waals surface area contributed by atoms with Crippen molar-refractivity contribution >= 4 is 11.9 Å². The number of hydrogen-bond acceptors (Lipinski definition) is 6. The Balaban J connectivity index is 1.54. The van der Waals surface area contributed by atoms with E-state index in [0.717, 1.165) is 31.2 Å². The molecule has 198 valence electrons. The molecule has 4 atom stereocenters. The van der Waals surface area contributed by atoms with Crippen LogP contribution in [0.3, 0.4) is 0 Å². The van der Waals surface area contributed by atoms with Crippen LogP contribution in [0.15, 0.2) is 78.9 Å². The van der Waals surface area contributed by atoms with Crippen molar-refractivity contribution in [3.8, 4) is 11.5 Å². The predicted octanol–water partition coefficient (Wildman–Crippen LogP) is 4.84. The van der Waals surface area contributed by atoms with Gasteiger partial charge in [0.05, 0.1) is 20.1 Å². The first-order valence-electron chi connectivity index (χ1n) is 13.3. The molecule has 2 saturated carbocycles. The molecule has 6 heteroatoms. The molecule has 3 aromatic carbocycles. The molecular formula is C32H33O6-. The van der Waals surface area contributed by atoms with Crippen LogP contribution in [0.5, 0.6) is 11.5 Å². The van der Waals surface area contributed by atoms with Gasteiger partial charge in [-0.05, 0) is 48.1 Å². The molecule has 2 aliphatic carbocycles. The van der Waals surface area contributed by atoms with Crippen molar-refractivity contribution in [2.45, 2.75) is 49.5 Å². The minimum atomic E-state index is -1.21. The molecular weight excluding hydrogens is 480 g/mol. The number of esters is 1. The summed E-state index contributed by atoms with van der Waals surface area (Å²) in [4.78, 5) is 26.7. The summed E-state index contributed by atoms with van der Waals surface area (Å²) in [5.74, 6) is -3.39. The van der Waals surface area contributed by atoms with E-state index in [2.05, 4.69) is 12.1 Å². The van der Waals surface area contributed by atoms with E-state index < -0.39 is 29.6 Å². The van der Waals surface area contributed by atoms with Crippen LogP contribution in [0.4, 0.5) is 0 Å². The van der Waals surface area contributed by atoms with Gasteiger partial charge in [0.15, 0.2) is 0 Å². The maximum absolute atomic E-state index is 14.1. The van der Waals surface area contributed by atoms with E-state index in [9.17, 15) is 14.7 Å². The summed E-state index contributed by atoms with van der Waals surface area (Å²) in [6, 6.07) is 24.7. The zero-order valence-corrected chi connectivity index (χ0v) is 21.7. The van der Waals surface area contributed by atoms with Crippen LogP contribution in [-0.4, -0.2) is 32.3 Å². The van der Waals surface area contributed by atoms with Crippen molar-refractivity contribution in [2.24, 2.45) is 11.8 Å². The summed E-state index contributed by atoms with van der Waals surface area (Å²) < 4.78 is 17.5. The predicted molar refractivity (Wildman–Crippen MR) is 141 cm³/mol. The second-order valence-corrected chi connectivity index (χ2v) is 10.2. The van der Waals surface area contributed by atoms with Gasteiger partial charge < -0.3 is 24.1 Å². The fourth-order valence-electron chi connectivity index (χ4n) is 6.54. The van der Waals surface area contributed by atoms with Gasteiger partial charge in [0.2, 0.25) is 0 Å². The Kier molecular flexibility index (Phi) is 7.68. The normalized spacial score (nSPS) is 26.6. The van der Waals surface area contributed by atoms with E-state index in [1.807, 2.05) is 54.6 Å². The van der Waals surface area contributed by atoms with Crippen LogP contribution in [0.2, 0.25) is 0 Å². The lowest BCUT2D eigenvalue weighted by atomic mass is 9.52. The monoisotopic (exact) mass is 513 g/mol. The van der Waals surface area contributed by atoms with Crippen molar-refractivity contribution in [1.82, 2.24) is 0 Å². The Morgan fingerprint density at radius 2 is 1.24 bits per heavy atom. The lowest BCUT2D eigenvalue weighted by Crippen LogP contribution is -2.55. The quantitative estimate of drug-likeness (QED) is 0.401. The number of para-hydroxylation sites is 2. The van der Waals surface area contributed by atoms with E-state index >= 15 is 0 Å². The molecule has 0 saturated heterocycles. The average Bonchev–Trinajstić information content (AvgIpc) is 2.93. The highest BCUT2D eigenvalue weighted by Gasteiger charge is 2.58. The molecule has 2 fully saturated rings. The molecule has 3 aromatic rings. The number of benzene rings is 3. The van der Waals surface area contributed by atoms with Gasteiger partial charge in [-0.3, -0.25) is 4.79 Å². The molecule has 0 spiro atoms. The summed E-state index contributed by atoms with van der Waals surface area (Å²) in [6.07, 6.45) is 3.52. The van der Waals surface area contributed by atoms with Crippen LogP contribution in [0, 0.1) is 11.8 Å². The first-order valence-corrected chi connectivity index (χ1v) is 13.3. The standard InChI is InChI=1S/C32H34O6/c1-36-24-17-9-7-15-22(24)27-29(31(33)34)28(23-16-8-10-18-25(23)37-2)30(27)32(35)38-26-19-11-6-14-21(26)20-12-4-3-5-13-20/h3-5,7-10,12-13,15-18,21,26-30H,6,11,14,19H2,1-2H3,(H,33,34)/p-1/t21-,26+,27?,28?,29?,30?/m0/s1. The Hall–Kier alpha value is -3.80. The third-order valence-electron chi connectivity index (χ3n) is 8.29. The maximum atomic E-state index is 14.1. The SMILES string of the molecule is COc1ccccc1C1C(C(=O)[O-])C(c2ccccc2OC)C1C(=O)O[C@@H]1CCCC[C@H]1c1ccccc1. The zero-order chi connectivity index (χ0) is 26.6. The van der Waals surface area contributed by atoms with Gasteiger partial charge in [0.1, 0.15) is 17.6 Å². The topological polar surface area (TPSA) is 84.9 Å². The van der Waals surface area contributed by atoms with Crippen LogP contribution in [0.1, 0.15) is 60.1 Å². The second-order valence-electron chi connectivity index (χ2n) is 10.2. The minimum absolute atomic E-state index is 0.111. The van der Waals surface area contributed by atoms with Gasteiger partial charge in [-0.2, -0.15) is 0 Å². The molecule has 2 aliphatic rings. The lowest BCUT2D eigenvalue weighted by Gasteiger charge is -2.52. The van der Waals surface area contributed by atoms with E-state index in [0.29, 0.717) is 22.6 Å². The highest BCUT2D eigenvalue weighted by atomic mass is 16.5. The Morgan fingerprint density at radius 3 is 1.79 bits per heavy atom. The number of hydrogen-bond donors (Lipinski definition) is 0. The van der Waals surface area contributed by atoms with Crippen LogP contribution in [-0.2, 0) is 14.3 Å². The summed E-state index contributed by atoms with van der Waals surface area (Å²) >= 11 is 0. The van der Waals surface area contributed by atoms with Crippen LogP contribution in [0.25, 0.3) is 0 Å². The molecule has 38 heavy (non-hydrogen) atoms. The van der Waals surface area contributed by atoms with Gasteiger partial charge in [0.25, 0.3) is 0 Å². The lowest BCUT2D eigenvalue weighted by molar-refractivity contribution is -0.317. The summed E-state index contributed by atoms with van der Waals surface area (Å²) in [6.45, 7) is 0. The Morgan fingerprint density at radius 1 is 0.711 bits per heavy atom. The molecule has 0 N–H and O–H groups in total. The van der Waals surface area contributed by atoms with Crippen molar-refractivity contribution in [1.29, 1.82) is 0 Å². The molecule has 0 aromatic heterocycles. The Bertz CT molecular complexity index is 1220. The number of ether oxygens (including phenoxy) is 3. The summed E-state index contributed by atoms with van der Waals surface area (Å²) in [5, 5.41) is 12.6. The van der Waals surface area contributed by atoms with Gasteiger partial charge in [0, 0.05) is 29.6 Å². The third kappa shape index (κ3) is 4.75. The number of carbonyl (C=O) groups excluding carboxylic acids is 2. The zero-order valence-electron chi connectivity index (χ0n) is 21.7. The molecule has 2 unspecified atom stereocenters. The Labute approximate surface area is 223 Å². The number of carboxylic acids is 1. The number of carbonyl (C=O) groups is 2. The fraction of sp³-hybridized carbons (Fsp3) is 0.375. The highest BCUT2D eigenvalue weighted by Crippen LogP contribution is 2.60. The van der Waals surface area contributed by atoms with Crippen molar-refractivity contribution in [3.05, 3.63) is 95.6 Å². The smallest absolute Gasteiger partial charge is 0.310 e. The summed E-state index contributed by atoms with van der Waals surface area (Å²) in [7, 11) is 3.09. The summed E-state index contributed by atoms with van der Waals surface area (Å²) in [5.41, 5.74) is 2.50. The number of rotatable bonds is 8. The molecule has 0 radical (unpaired) electrons. The van der Waals surface area contributed by atoms with Gasteiger partial charge in [-0.15, -0.1) is 0 Å². The van der Waals surface area contributed by atoms with Gasteiger partial charge in [-0.1, -0.05) is 73.2 Å². The fourth-order valence-corrected chi connectivity index (χ4v) is 6.54. The van der Waals surface area contributed by atoms with Crippen molar-refractivity contribution in [2.75, 3.05) is 14.2 Å². The maximum Gasteiger partial charge on any atom is 0.310 e. The van der Waals surface area contributed by atoms with Crippen LogP contribution >= 0.6 is 0 Å². The van der Waals surface area contributed by atoms with Gasteiger partial charge >= 0.3 is 5.97 Å². The van der Waals surface area contributed by atoms with Crippen molar-refractivity contribution < 1.29 is 28.9 Å². The van der Waals surface area contributed by atoms with E-state index in [4.69, 9.17) is 14.2 Å². The average molecular weight is 514 g/mol. The largest absolute Gasteiger partial charge is 0.550 e. The second kappa shape index (κ2) is 11.3. The molecule has 0 amide bonds. The number of carboxylic acid groups (broad SMARTS) is 1. The van der Waals surface area contributed by atoms with E-state index in [-0.39, 0.29) is 18.0 Å². The van der Waals surface area contributed by atoms with Crippen molar-refractivity contribution in [3.63, 3.8) is 0 Å². The number of methoxy groups -OCH3 is 2. The van der Waals surface area contributed by atoms with E-state index in [1.165, 1.54) is 0 Å². The molecule has 5 rings (SSSR count). The molecule has 6 nitrogen and oxygen atoms in total. The minimum Gasteiger partial charge on any atom is -0.550 e. The number of aliphatic carboxylic acids is 1. The third-order valence-corrected chi connectivity index (χ3v) is 8.29. The van der Waals surface area contributed by atoms with E-state index in [1.54, 1.807) is 26.4 Å². The van der Waals surface area contributed by atoms with Crippen LogP contribution < -0.4 is 14.6 Å². The van der Waals surface area contributed by atoms with Gasteiger partial charge in [-0.25, -0.2) is 0 Å². The first kappa shape index (κ1) is 25.8. The molecule has 0 bridgehead atoms.